The molecule has 2 fully saturated rings. The first-order valence-electron chi connectivity index (χ1n) is 7.74. The maximum absolute atomic E-state index is 14.0. The number of pyridine rings is 1. The molecule has 1 amide bonds. The predicted octanol–water partition coefficient (Wildman–Crippen LogP) is 2.07. The summed E-state index contributed by atoms with van der Waals surface area (Å²) < 4.78 is 57.0. The second-order valence-corrected chi connectivity index (χ2v) is 5.84. The maximum Gasteiger partial charge on any atom is 0.417 e. The summed E-state index contributed by atoms with van der Waals surface area (Å²) in [4.78, 5) is 19.0. The molecule has 1 aromatic heterocycles. The van der Waals surface area contributed by atoms with Crippen molar-refractivity contribution < 1.29 is 27.1 Å². The van der Waals surface area contributed by atoms with E-state index in [9.17, 15) is 22.4 Å². The van der Waals surface area contributed by atoms with Crippen molar-refractivity contribution in [1.29, 1.82) is 0 Å². The van der Waals surface area contributed by atoms with Crippen molar-refractivity contribution in [2.45, 2.75) is 25.1 Å². The van der Waals surface area contributed by atoms with E-state index in [2.05, 4.69) is 4.98 Å². The molecule has 3 rings (SSSR count). The van der Waals surface area contributed by atoms with Crippen LogP contribution in [0.1, 0.15) is 18.4 Å². The van der Waals surface area contributed by atoms with Crippen LogP contribution in [0.2, 0.25) is 0 Å². The molecule has 0 spiro atoms. The molecule has 9 heteroatoms. The molecule has 24 heavy (non-hydrogen) atoms. The normalized spacial score (nSPS) is 22.1. The molecule has 5 nitrogen and oxygen atoms in total. The number of carbonyl (C=O) groups excluding carboxylic acids is 1. The number of ether oxygens (including phenoxy) is 1. The van der Waals surface area contributed by atoms with E-state index in [-0.39, 0.29) is 11.7 Å². The number of alkyl halides is 3. The monoisotopic (exact) mass is 347 g/mol. The van der Waals surface area contributed by atoms with Gasteiger partial charge in [-0.05, 0) is 18.9 Å². The highest BCUT2D eigenvalue weighted by Gasteiger charge is 2.34. The van der Waals surface area contributed by atoms with Crippen LogP contribution >= 0.6 is 0 Å². The summed E-state index contributed by atoms with van der Waals surface area (Å²) in [6.45, 7) is 1.93. The molecule has 0 aromatic carbocycles. The number of hydrogen-bond donors (Lipinski definition) is 0. The highest BCUT2D eigenvalue weighted by atomic mass is 19.4. The number of nitrogens with zero attached hydrogens (tertiary/aromatic N) is 3. The number of piperazine rings is 1. The number of halogens is 4. The summed E-state index contributed by atoms with van der Waals surface area (Å²) in [5, 5.41) is 0. The van der Waals surface area contributed by atoms with Crippen LogP contribution in [-0.4, -0.2) is 54.7 Å². The Hall–Kier alpha value is -1.90. The summed E-state index contributed by atoms with van der Waals surface area (Å²) >= 11 is 0. The Morgan fingerprint density at radius 1 is 1.25 bits per heavy atom. The number of hydrogen-bond acceptors (Lipinski definition) is 4. The molecule has 0 saturated carbocycles. The standard InChI is InChI=1S/C15H17F4N3O2/c16-11-8-10(15(17,18)19)9-20-13(11)21-3-5-22(6-4-21)14(23)12-2-1-7-24-12/h8-9,12H,1-7H2. The lowest BCUT2D eigenvalue weighted by Gasteiger charge is -2.36. The van der Waals surface area contributed by atoms with Gasteiger partial charge >= 0.3 is 6.18 Å². The van der Waals surface area contributed by atoms with Gasteiger partial charge in [0.2, 0.25) is 0 Å². The Morgan fingerprint density at radius 2 is 1.96 bits per heavy atom. The van der Waals surface area contributed by atoms with E-state index >= 15 is 0 Å². The van der Waals surface area contributed by atoms with Gasteiger partial charge in [-0.1, -0.05) is 0 Å². The molecule has 132 valence electrons. The van der Waals surface area contributed by atoms with E-state index in [4.69, 9.17) is 4.74 Å². The largest absolute Gasteiger partial charge is 0.417 e. The second-order valence-electron chi connectivity index (χ2n) is 5.84. The van der Waals surface area contributed by atoms with Crippen molar-refractivity contribution in [1.82, 2.24) is 9.88 Å². The van der Waals surface area contributed by atoms with Crippen molar-refractivity contribution in [3.63, 3.8) is 0 Å². The van der Waals surface area contributed by atoms with E-state index in [1.807, 2.05) is 0 Å². The number of anilines is 1. The molecular weight excluding hydrogens is 330 g/mol. The first-order valence-corrected chi connectivity index (χ1v) is 7.74. The Kier molecular flexibility index (Phi) is 4.62. The maximum atomic E-state index is 14.0. The van der Waals surface area contributed by atoms with Crippen molar-refractivity contribution in [2.75, 3.05) is 37.7 Å². The first kappa shape index (κ1) is 16.9. The van der Waals surface area contributed by atoms with Crippen LogP contribution < -0.4 is 4.90 Å². The van der Waals surface area contributed by atoms with Crippen LogP contribution in [0.25, 0.3) is 0 Å². The minimum Gasteiger partial charge on any atom is -0.368 e. The third-order valence-corrected chi connectivity index (χ3v) is 4.25. The van der Waals surface area contributed by atoms with Gasteiger partial charge in [-0.25, -0.2) is 9.37 Å². The molecule has 1 atom stereocenters. The second kappa shape index (κ2) is 6.54. The summed E-state index contributed by atoms with van der Waals surface area (Å²) in [7, 11) is 0. The fourth-order valence-corrected chi connectivity index (χ4v) is 2.93. The van der Waals surface area contributed by atoms with Crippen LogP contribution in [0, 0.1) is 5.82 Å². The van der Waals surface area contributed by atoms with Gasteiger partial charge in [0.1, 0.15) is 6.10 Å². The Balaban J connectivity index is 1.63. The smallest absolute Gasteiger partial charge is 0.368 e. The average Bonchev–Trinajstić information content (AvgIpc) is 3.08. The summed E-state index contributed by atoms with van der Waals surface area (Å²) in [6.07, 6.45) is -2.84. The molecule has 0 N–H and O–H groups in total. The molecule has 2 saturated heterocycles. The van der Waals surface area contributed by atoms with Gasteiger partial charge in [0.25, 0.3) is 5.91 Å². The molecule has 1 aromatic rings. The number of rotatable bonds is 2. The lowest BCUT2D eigenvalue weighted by atomic mass is 10.2. The van der Waals surface area contributed by atoms with Crippen LogP contribution in [0.3, 0.4) is 0 Å². The average molecular weight is 347 g/mol. The van der Waals surface area contributed by atoms with Gasteiger partial charge in [-0.15, -0.1) is 0 Å². The van der Waals surface area contributed by atoms with Gasteiger partial charge in [0.15, 0.2) is 11.6 Å². The molecule has 0 aliphatic carbocycles. The fraction of sp³-hybridized carbons (Fsp3) is 0.600. The van der Waals surface area contributed by atoms with Crippen LogP contribution in [0.15, 0.2) is 12.3 Å². The fourth-order valence-electron chi connectivity index (χ4n) is 2.93. The minimum atomic E-state index is -4.63. The quantitative estimate of drug-likeness (QED) is 0.769. The zero-order valence-electron chi connectivity index (χ0n) is 12.9. The molecule has 3 heterocycles. The van der Waals surface area contributed by atoms with E-state index in [0.717, 1.165) is 6.42 Å². The predicted molar refractivity (Wildman–Crippen MR) is 77.0 cm³/mol. The molecule has 1 unspecified atom stereocenters. The summed E-state index contributed by atoms with van der Waals surface area (Å²) in [6, 6.07) is 0.451. The van der Waals surface area contributed by atoms with Gasteiger partial charge in [0.05, 0.1) is 5.56 Å². The Bertz CT molecular complexity index is 609. The SMILES string of the molecule is O=C(C1CCCO1)N1CCN(c2ncc(C(F)(F)F)cc2F)CC1. The lowest BCUT2D eigenvalue weighted by molar-refractivity contribution is -0.141. The Morgan fingerprint density at radius 3 is 2.50 bits per heavy atom. The third-order valence-electron chi connectivity index (χ3n) is 4.25. The molecule has 2 aliphatic heterocycles. The van der Waals surface area contributed by atoms with E-state index in [1.54, 1.807) is 9.80 Å². The molecule has 0 bridgehead atoms. The summed E-state index contributed by atoms with van der Waals surface area (Å²) in [5.41, 5.74) is -1.11. The van der Waals surface area contributed by atoms with Gasteiger partial charge in [-0.2, -0.15) is 13.2 Å². The molecular formula is C15H17F4N3O2. The highest BCUT2D eigenvalue weighted by molar-refractivity contribution is 5.81. The summed E-state index contributed by atoms with van der Waals surface area (Å²) in [5.74, 6) is -1.20. The zero-order chi connectivity index (χ0) is 17.3. The number of carbonyl (C=O) groups is 1. The van der Waals surface area contributed by atoms with Gasteiger partial charge in [0, 0.05) is 39.0 Å². The zero-order valence-corrected chi connectivity index (χ0v) is 12.9. The minimum absolute atomic E-state index is 0.0759. The van der Waals surface area contributed by atoms with Gasteiger partial charge < -0.3 is 14.5 Å². The molecule has 2 aliphatic rings. The first-order chi connectivity index (χ1) is 11.4. The lowest BCUT2D eigenvalue weighted by Crippen LogP contribution is -2.51. The topological polar surface area (TPSA) is 45.7 Å². The Labute approximate surface area is 136 Å². The molecule has 0 radical (unpaired) electrons. The van der Waals surface area contributed by atoms with Crippen LogP contribution in [0.5, 0.6) is 0 Å². The van der Waals surface area contributed by atoms with Crippen molar-refractivity contribution in [2.24, 2.45) is 0 Å². The van der Waals surface area contributed by atoms with Crippen molar-refractivity contribution >= 4 is 11.7 Å². The van der Waals surface area contributed by atoms with Crippen molar-refractivity contribution in [3.8, 4) is 0 Å². The van der Waals surface area contributed by atoms with Gasteiger partial charge in [-0.3, -0.25) is 4.79 Å². The highest BCUT2D eigenvalue weighted by Crippen LogP contribution is 2.31. The van der Waals surface area contributed by atoms with Crippen LogP contribution in [-0.2, 0) is 15.7 Å². The van der Waals surface area contributed by atoms with E-state index < -0.39 is 23.7 Å². The van der Waals surface area contributed by atoms with E-state index in [1.165, 1.54) is 0 Å². The van der Waals surface area contributed by atoms with Crippen molar-refractivity contribution in [3.05, 3.63) is 23.6 Å². The third kappa shape index (κ3) is 3.45. The number of aromatic nitrogens is 1. The number of amides is 1. The van der Waals surface area contributed by atoms with E-state index in [0.29, 0.717) is 51.5 Å². The van der Waals surface area contributed by atoms with Crippen LogP contribution in [0.4, 0.5) is 23.4 Å².